The number of ether oxygens (including phenoxy) is 2. The summed E-state index contributed by atoms with van der Waals surface area (Å²) in [4.78, 5) is 92.2. The highest BCUT2D eigenvalue weighted by atomic mass is 35.5. The van der Waals surface area contributed by atoms with Gasteiger partial charge in [0.15, 0.2) is 17.5 Å². The molecule has 26 nitrogen and oxygen atoms in total. The van der Waals surface area contributed by atoms with Gasteiger partial charge >= 0.3 is 12.0 Å². The van der Waals surface area contributed by atoms with Crippen LogP contribution in [0.3, 0.4) is 0 Å². The fourth-order valence-corrected chi connectivity index (χ4v) is 17.3. The van der Waals surface area contributed by atoms with E-state index in [1.807, 2.05) is 119 Å². The summed E-state index contributed by atoms with van der Waals surface area (Å²) in [5, 5.41) is 31.8. The van der Waals surface area contributed by atoms with E-state index in [1.54, 1.807) is 76.0 Å². The number of fused-ring (bicyclic) bond motifs is 5. The topological polar surface area (TPSA) is 284 Å². The fraction of sp³-hybridized carbons (Fsp3) is 0.289. The number of halogens is 7. The number of carbonyl (C=O) groups is 3. The lowest BCUT2D eigenvalue weighted by Gasteiger charge is -2.45. The Labute approximate surface area is 720 Å². The number of nitrogens with one attached hydrogen (secondary N) is 2. The number of phenols is 2. The lowest BCUT2D eigenvalue weighted by molar-refractivity contribution is -0.129. The maximum atomic E-state index is 16.8. The number of carbonyl (C=O) groups excluding carboxylic acids is 3. The van der Waals surface area contributed by atoms with Gasteiger partial charge in [-0.25, -0.2) is 32.5 Å². The quantitative estimate of drug-likeness (QED) is 0.0487. The second kappa shape index (κ2) is 35.4. The van der Waals surface area contributed by atoms with Crippen LogP contribution in [0.4, 0.5) is 41.0 Å². The number of anilines is 4. The Bertz CT molecular complexity index is 6290. The van der Waals surface area contributed by atoms with Crippen LogP contribution in [0, 0.1) is 30.2 Å². The average molecular weight is 1730 g/mol. The molecule has 10 heterocycles. The zero-order valence-corrected chi connectivity index (χ0v) is 71.0. The van der Waals surface area contributed by atoms with Gasteiger partial charge in [-0.2, -0.15) is 30.0 Å². The van der Waals surface area contributed by atoms with E-state index in [4.69, 9.17) is 59.2 Å². The van der Waals surface area contributed by atoms with Crippen LogP contribution in [-0.4, -0.2) is 218 Å². The number of likely N-dealkylation sites (N-methyl/N-ethyl adjacent to an activating group) is 1. The molecule has 4 aliphatic rings. The van der Waals surface area contributed by atoms with Crippen molar-refractivity contribution < 1.29 is 51.6 Å². The first-order valence-corrected chi connectivity index (χ1v) is 41.1. The summed E-state index contributed by atoms with van der Waals surface area (Å²) in [6, 6.07) is 25.8. The predicted molar refractivity (Wildman–Crippen MR) is 471 cm³/mol. The minimum Gasteiger partial charge on any atom is -0.508 e. The molecule has 4 aliphatic heterocycles. The summed E-state index contributed by atoms with van der Waals surface area (Å²) >= 11 is 20.3. The minimum absolute atomic E-state index is 0.0103. The van der Waals surface area contributed by atoms with Crippen LogP contribution in [0.2, 0.25) is 15.1 Å². The summed E-state index contributed by atoms with van der Waals surface area (Å²) in [7, 11) is 3.99. The summed E-state index contributed by atoms with van der Waals surface area (Å²) in [6.45, 7) is 28.7. The molecule has 4 fully saturated rings. The van der Waals surface area contributed by atoms with Gasteiger partial charge in [-0.15, -0.1) is 0 Å². The lowest BCUT2D eigenvalue weighted by Crippen LogP contribution is -2.59. The molecule has 13 aromatic rings. The molecular formula is C90H88Cl3F4N19O7. The van der Waals surface area contributed by atoms with Crippen LogP contribution in [0.25, 0.3) is 87.8 Å². The van der Waals surface area contributed by atoms with Crippen molar-refractivity contribution in [2.75, 3.05) is 92.7 Å². The smallest absolute Gasteiger partial charge is 0.324 e. The molecule has 123 heavy (non-hydrogen) atoms. The van der Waals surface area contributed by atoms with E-state index in [9.17, 15) is 29.0 Å². The number of benzene rings is 7. The van der Waals surface area contributed by atoms with Crippen molar-refractivity contribution in [3.63, 3.8) is 0 Å². The number of phenolic OH excluding ortho intramolecular Hbond substituents is 2. The number of aromatic nitrogens is 11. The number of aryl methyl sites for hydroxylation is 1. The molecule has 0 unspecified atom stereocenters. The Kier molecular flexibility index (Phi) is 24.5. The van der Waals surface area contributed by atoms with Gasteiger partial charge < -0.3 is 63.9 Å². The van der Waals surface area contributed by atoms with Crippen molar-refractivity contribution in [1.82, 2.24) is 74.7 Å². The standard InChI is InChI=1S/C31H30ClFN8O2.C31H27ClFN5O3.C28H31ClF2N6O2/c1-5-24(42)40-15-19(4)41(16-18(40)3)30-21-13-22(32)26(25-17(2)7-8-20-14-36-39-28(20)25)27(33)29(21)37-31(38-30)43-12-9-23-34-10-6-11-35-23;1-4-26(40)37-15-18(3)38(16-17(37)2)30-24-13-25(32)27(23-12-20(39)11-19-7-5-6-8-22(19)23)28(33)29(24)35-31(36-30)41-21-9-10-34-14-21;1-6-22(39)36-11-16(3)37(12-15(36)2)27-18-10-19(29)23(24-20(30)8-7-9-21(24)38)25(31)26(18)32-28(33-27)35-13-17(14-35)34(4)5/h5-8,10-11,13-14,18-19H,1,9,12,15-16H2,2-4H3,(H,36,39);4-14,17-18,34,39H,1,15-16H2,2-3H3;6-10,15-17,38H,1,11-14H2,2-5H3/t18-,19+;17-,18+;15-,16+/m111/s1. The summed E-state index contributed by atoms with van der Waals surface area (Å²) < 4.78 is 76.5. The lowest BCUT2D eigenvalue weighted by atomic mass is 9.96. The number of aromatic amines is 2. The van der Waals surface area contributed by atoms with Gasteiger partial charge in [-0.1, -0.05) is 97.0 Å². The number of amides is 3. The first-order chi connectivity index (χ1) is 59.0. The zero-order chi connectivity index (χ0) is 87.3. The minimum atomic E-state index is -0.839. The average Bonchev–Trinajstić information content (AvgIpc) is 1.13. The Morgan fingerprint density at radius 3 is 1.62 bits per heavy atom. The highest BCUT2D eigenvalue weighted by Gasteiger charge is 2.40. The van der Waals surface area contributed by atoms with Gasteiger partial charge in [-0.3, -0.25) is 19.5 Å². The molecule has 33 heteroatoms. The third-order valence-electron chi connectivity index (χ3n) is 22.9. The fourth-order valence-electron chi connectivity index (χ4n) is 16.5. The zero-order valence-electron chi connectivity index (χ0n) is 68.8. The summed E-state index contributed by atoms with van der Waals surface area (Å²) in [5.74, 6) is -0.931. The first-order valence-electron chi connectivity index (χ1n) is 39.9. The summed E-state index contributed by atoms with van der Waals surface area (Å²) in [5.41, 5.74) is 2.41. The van der Waals surface area contributed by atoms with Crippen molar-refractivity contribution in [3.05, 3.63) is 216 Å². The second-order valence-electron chi connectivity index (χ2n) is 31.3. The largest absolute Gasteiger partial charge is 0.508 e. The summed E-state index contributed by atoms with van der Waals surface area (Å²) in [6.07, 6.45) is 12.7. The molecule has 634 valence electrons. The number of H-pyrrole nitrogens is 2. The molecule has 0 aliphatic carbocycles. The molecule has 0 radical (unpaired) electrons. The molecule has 3 amide bonds. The maximum absolute atomic E-state index is 16.8. The number of hydrogen-bond acceptors (Lipinski definition) is 21. The highest BCUT2D eigenvalue weighted by Crippen LogP contribution is 2.48. The van der Waals surface area contributed by atoms with E-state index >= 15 is 13.2 Å². The normalized spacial score (nSPS) is 18.1. The molecule has 7 aromatic carbocycles. The van der Waals surface area contributed by atoms with Gasteiger partial charge in [0, 0.05) is 170 Å². The third kappa shape index (κ3) is 16.7. The van der Waals surface area contributed by atoms with Crippen LogP contribution in [0.1, 0.15) is 52.9 Å². The molecule has 17 rings (SSSR count). The van der Waals surface area contributed by atoms with E-state index in [-0.39, 0.29) is 132 Å². The van der Waals surface area contributed by atoms with E-state index in [2.05, 4.69) is 64.7 Å². The van der Waals surface area contributed by atoms with Crippen molar-refractivity contribution in [3.8, 4) is 62.7 Å². The van der Waals surface area contributed by atoms with Gasteiger partial charge in [0.1, 0.15) is 62.9 Å². The van der Waals surface area contributed by atoms with Gasteiger partial charge in [-0.05, 0) is 157 Å². The number of aromatic hydroxyl groups is 2. The van der Waals surface area contributed by atoms with E-state index in [1.165, 1.54) is 42.5 Å². The Morgan fingerprint density at radius 1 is 0.553 bits per heavy atom. The van der Waals surface area contributed by atoms with Crippen LogP contribution >= 0.6 is 34.8 Å². The van der Waals surface area contributed by atoms with E-state index < -0.39 is 29.0 Å². The first kappa shape index (κ1) is 85.2. The van der Waals surface area contributed by atoms with Gasteiger partial charge in [0.2, 0.25) is 23.7 Å². The third-order valence-corrected chi connectivity index (χ3v) is 23.8. The molecule has 0 bridgehead atoms. The molecule has 0 spiro atoms. The molecule has 6 aromatic heterocycles. The molecule has 4 N–H and O–H groups in total. The number of nitrogens with zero attached hydrogens (tertiary/aromatic N) is 17. The van der Waals surface area contributed by atoms with Crippen molar-refractivity contribution >= 4 is 130 Å². The molecular weight excluding hydrogens is 1640 g/mol. The molecule has 6 atom stereocenters. The maximum Gasteiger partial charge on any atom is 0.324 e. The van der Waals surface area contributed by atoms with Crippen LogP contribution in [0.15, 0.2) is 166 Å². The van der Waals surface area contributed by atoms with Gasteiger partial charge in [0.05, 0.1) is 39.0 Å². The van der Waals surface area contributed by atoms with Gasteiger partial charge in [0.25, 0.3) is 0 Å². The molecule has 4 saturated heterocycles. The van der Waals surface area contributed by atoms with E-state index in [0.29, 0.717) is 133 Å². The van der Waals surface area contributed by atoms with Crippen molar-refractivity contribution in [1.29, 1.82) is 0 Å². The number of hydrogen-bond donors (Lipinski definition) is 4. The van der Waals surface area contributed by atoms with E-state index in [0.717, 1.165) is 27.8 Å². The second-order valence-corrected chi connectivity index (χ2v) is 32.6. The Hall–Kier alpha value is -12.8. The van der Waals surface area contributed by atoms with Crippen molar-refractivity contribution in [2.45, 2.75) is 97.2 Å². The molecule has 0 saturated carbocycles. The highest BCUT2D eigenvalue weighted by molar-refractivity contribution is 6.36. The monoisotopic (exact) mass is 1730 g/mol. The van der Waals surface area contributed by atoms with Crippen LogP contribution < -0.4 is 29.1 Å². The Balaban J connectivity index is 0.000000143. The number of rotatable bonds is 17. The predicted octanol–water partition coefficient (Wildman–Crippen LogP) is 16.3. The van der Waals surface area contributed by atoms with Crippen LogP contribution in [0.5, 0.6) is 29.3 Å². The number of piperazine rings is 3. The van der Waals surface area contributed by atoms with Crippen molar-refractivity contribution in [2.24, 2.45) is 0 Å². The Morgan fingerprint density at radius 2 is 1.07 bits per heavy atom. The van der Waals surface area contributed by atoms with Crippen LogP contribution in [-0.2, 0) is 20.8 Å². The SMILES string of the molecule is C=CC(=O)N1C[C@H](C)N(c2nc(N3CC(N(C)C)C3)nc3c(F)c(-c4c(O)cccc4F)c(Cl)cc23)C[C@H]1C.C=CC(=O)N1C[C@H](C)N(c2nc(OCCc3ncccn3)nc3c(F)c(-c4c(C)ccc5cn[nH]c45)c(Cl)cc23)C[C@H]1C.C=CC(=O)N1C[C@H](C)N(c2nc(Oc3cc[nH]c3)nc3c(F)c(-c4cc(O)cc5ccccc45)c(Cl)cc23)C[C@H]1C.